The maximum atomic E-state index is 12.5. The number of hydrogen-bond acceptors (Lipinski definition) is 3. The van der Waals surface area contributed by atoms with Gasteiger partial charge in [-0.15, -0.1) is 11.3 Å². The number of ether oxygens (including phenoxy) is 1. The summed E-state index contributed by atoms with van der Waals surface area (Å²) < 4.78 is 6.71. The lowest BCUT2D eigenvalue weighted by Gasteiger charge is -2.17. The molecular formula is C16H18BrNO2S. The minimum absolute atomic E-state index is 0.00784. The molecule has 2 rings (SSSR count). The molecule has 0 unspecified atom stereocenters. The van der Waals surface area contributed by atoms with Gasteiger partial charge in [-0.05, 0) is 65.0 Å². The van der Waals surface area contributed by atoms with Crippen LogP contribution < -0.4 is 4.74 Å². The van der Waals surface area contributed by atoms with Crippen LogP contribution in [0.4, 0.5) is 0 Å². The fourth-order valence-corrected chi connectivity index (χ4v) is 3.17. The minimum atomic E-state index is -0.00784. The molecule has 1 aromatic heterocycles. The van der Waals surface area contributed by atoms with Gasteiger partial charge in [0, 0.05) is 19.2 Å². The zero-order valence-corrected chi connectivity index (χ0v) is 14.7. The van der Waals surface area contributed by atoms with E-state index in [0.29, 0.717) is 12.1 Å². The number of hydrogen-bond donors (Lipinski definition) is 0. The molecule has 0 N–H and O–H groups in total. The predicted molar refractivity (Wildman–Crippen MR) is 90.0 cm³/mol. The second-order valence-corrected chi connectivity index (χ2v) is 7.41. The lowest BCUT2D eigenvalue weighted by molar-refractivity contribution is 0.0784. The minimum Gasteiger partial charge on any atom is -0.491 e. The molecule has 0 spiro atoms. The first kappa shape index (κ1) is 16.0. The molecule has 21 heavy (non-hydrogen) atoms. The van der Waals surface area contributed by atoms with E-state index >= 15 is 0 Å². The van der Waals surface area contributed by atoms with Gasteiger partial charge in [0.05, 0.1) is 9.89 Å². The average molecular weight is 368 g/mol. The monoisotopic (exact) mass is 367 g/mol. The summed E-state index contributed by atoms with van der Waals surface area (Å²) in [5.41, 5.74) is 1.77. The number of amides is 1. The van der Waals surface area contributed by atoms with Crippen molar-refractivity contribution in [2.75, 3.05) is 7.05 Å². The molecule has 1 amide bonds. The Morgan fingerprint density at radius 3 is 2.76 bits per heavy atom. The van der Waals surface area contributed by atoms with Crippen LogP contribution in [0.15, 0.2) is 39.5 Å². The molecule has 1 aromatic carbocycles. The topological polar surface area (TPSA) is 29.5 Å². The summed E-state index contributed by atoms with van der Waals surface area (Å²) in [7, 11) is 1.81. The van der Waals surface area contributed by atoms with Crippen LogP contribution in [0, 0.1) is 0 Å². The van der Waals surface area contributed by atoms with Crippen LogP contribution in [0.2, 0.25) is 0 Å². The second-order valence-electron chi connectivity index (χ2n) is 5.11. The summed E-state index contributed by atoms with van der Waals surface area (Å²) in [6.07, 6.45) is 0.0937. The van der Waals surface area contributed by atoms with E-state index in [4.69, 9.17) is 4.74 Å². The third-order valence-electron chi connectivity index (χ3n) is 2.84. The van der Waals surface area contributed by atoms with Gasteiger partial charge in [0.15, 0.2) is 0 Å². The Hall–Kier alpha value is -1.33. The van der Waals surface area contributed by atoms with Gasteiger partial charge in [-0.2, -0.15) is 0 Å². The molecule has 0 aliphatic heterocycles. The van der Waals surface area contributed by atoms with Crippen LogP contribution in [-0.2, 0) is 6.54 Å². The van der Waals surface area contributed by atoms with Gasteiger partial charge < -0.3 is 9.64 Å². The average Bonchev–Trinajstić information content (AvgIpc) is 2.82. The van der Waals surface area contributed by atoms with Gasteiger partial charge in [0.25, 0.3) is 5.91 Å². The fourth-order valence-electron chi connectivity index (χ4n) is 1.97. The van der Waals surface area contributed by atoms with Crippen molar-refractivity contribution in [3.05, 3.63) is 50.6 Å². The van der Waals surface area contributed by atoms with Crippen molar-refractivity contribution in [2.24, 2.45) is 0 Å². The molecule has 0 aliphatic carbocycles. The Bertz CT molecular complexity index is 624. The largest absolute Gasteiger partial charge is 0.491 e. The van der Waals surface area contributed by atoms with Gasteiger partial charge in [-0.25, -0.2) is 0 Å². The predicted octanol–water partition coefficient (Wildman–Crippen LogP) is 4.57. The van der Waals surface area contributed by atoms with Crippen LogP contribution in [-0.4, -0.2) is 24.0 Å². The summed E-state index contributed by atoms with van der Waals surface area (Å²) in [5.74, 6) is 0.717. The van der Waals surface area contributed by atoms with E-state index in [1.165, 1.54) is 0 Å². The molecule has 0 radical (unpaired) electrons. The Labute approximate surface area is 137 Å². The summed E-state index contributed by atoms with van der Waals surface area (Å²) in [6, 6.07) is 9.36. The van der Waals surface area contributed by atoms with Gasteiger partial charge >= 0.3 is 0 Å². The van der Waals surface area contributed by atoms with Crippen molar-refractivity contribution in [1.29, 1.82) is 0 Å². The highest BCUT2D eigenvalue weighted by Gasteiger charge is 2.13. The first-order chi connectivity index (χ1) is 9.95. The van der Waals surface area contributed by atoms with Crippen molar-refractivity contribution < 1.29 is 9.53 Å². The van der Waals surface area contributed by atoms with Crippen LogP contribution in [0.3, 0.4) is 0 Å². The highest BCUT2D eigenvalue weighted by molar-refractivity contribution is 9.11. The first-order valence-electron chi connectivity index (χ1n) is 6.71. The number of thiophene rings is 1. The molecule has 0 bridgehead atoms. The van der Waals surface area contributed by atoms with Crippen molar-refractivity contribution in [3.8, 4) is 5.75 Å². The third kappa shape index (κ3) is 4.58. The van der Waals surface area contributed by atoms with E-state index in [1.54, 1.807) is 22.3 Å². The van der Waals surface area contributed by atoms with Crippen LogP contribution in [0.25, 0.3) is 0 Å². The number of carbonyl (C=O) groups excluding carboxylic acids is 1. The summed E-state index contributed by atoms with van der Waals surface area (Å²) in [6.45, 7) is 4.53. The van der Waals surface area contributed by atoms with Crippen molar-refractivity contribution >= 4 is 33.2 Å². The van der Waals surface area contributed by atoms with E-state index in [0.717, 1.165) is 15.1 Å². The standard InChI is InChI=1S/C16H18BrNO2S/c1-11(2)20-14-6-4-5-13(8-14)16(19)18(3)9-12-7-15(17)21-10-12/h4-8,10-11H,9H2,1-3H3. The summed E-state index contributed by atoms with van der Waals surface area (Å²) in [5, 5.41) is 2.05. The molecule has 0 aliphatic rings. The number of carbonyl (C=O) groups is 1. The van der Waals surface area contributed by atoms with Gasteiger partial charge in [-0.1, -0.05) is 6.07 Å². The molecule has 5 heteroatoms. The number of halogens is 1. The zero-order valence-electron chi connectivity index (χ0n) is 12.3. The maximum absolute atomic E-state index is 12.5. The molecule has 0 saturated heterocycles. The van der Waals surface area contributed by atoms with E-state index in [1.807, 2.05) is 50.5 Å². The highest BCUT2D eigenvalue weighted by Crippen LogP contribution is 2.22. The first-order valence-corrected chi connectivity index (χ1v) is 8.38. The van der Waals surface area contributed by atoms with Crippen LogP contribution >= 0.6 is 27.3 Å². The van der Waals surface area contributed by atoms with Gasteiger partial charge in [0.1, 0.15) is 5.75 Å². The quantitative estimate of drug-likeness (QED) is 0.774. The van der Waals surface area contributed by atoms with E-state index in [-0.39, 0.29) is 12.0 Å². The second kappa shape index (κ2) is 7.09. The molecular weight excluding hydrogens is 350 g/mol. The summed E-state index contributed by atoms with van der Waals surface area (Å²) in [4.78, 5) is 14.2. The number of benzene rings is 1. The SMILES string of the molecule is CC(C)Oc1cccc(C(=O)N(C)Cc2csc(Br)c2)c1. The smallest absolute Gasteiger partial charge is 0.254 e. The van der Waals surface area contributed by atoms with Gasteiger partial charge in [-0.3, -0.25) is 4.79 Å². The number of rotatable bonds is 5. The Morgan fingerprint density at radius 2 is 2.14 bits per heavy atom. The molecule has 0 atom stereocenters. The number of nitrogens with zero attached hydrogens (tertiary/aromatic N) is 1. The maximum Gasteiger partial charge on any atom is 0.254 e. The molecule has 112 valence electrons. The molecule has 2 aromatic rings. The van der Waals surface area contributed by atoms with E-state index in [2.05, 4.69) is 15.9 Å². The van der Waals surface area contributed by atoms with E-state index in [9.17, 15) is 4.79 Å². The normalized spacial score (nSPS) is 10.7. The fraction of sp³-hybridized carbons (Fsp3) is 0.312. The van der Waals surface area contributed by atoms with Gasteiger partial charge in [0.2, 0.25) is 0 Å². The Kier molecular flexibility index (Phi) is 5.42. The van der Waals surface area contributed by atoms with Crippen molar-refractivity contribution in [2.45, 2.75) is 26.5 Å². The van der Waals surface area contributed by atoms with E-state index < -0.39 is 0 Å². The Balaban J connectivity index is 2.08. The molecule has 3 nitrogen and oxygen atoms in total. The highest BCUT2D eigenvalue weighted by atomic mass is 79.9. The zero-order chi connectivity index (χ0) is 15.4. The van der Waals surface area contributed by atoms with Crippen molar-refractivity contribution in [3.63, 3.8) is 0 Å². The summed E-state index contributed by atoms with van der Waals surface area (Å²) >= 11 is 5.06. The molecule has 1 heterocycles. The van der Waals surface area contributed by atoms with Crippen molar-refractivity contribution in [1.82, 2.24) is 4.90 Å². The van der Waals surface area contributed by atoms with Crippen LogP contribution in [0.5, 0.6) is 5.75 Å². The third-order valence-corrected chi connectivity index (χ3v) is 4.39. The molecule has 0 fully saturated rings. The lowest BCUT2D eigenvalue weighted by Crippen LogP contribution is -2.26. The molecule has 0 saturated carbocycles. The lowest BCUT2D eigenvalue weighted by atomic mass is 10.2. The van der Waals surface area contributed by atoms with Crippen LogP contribution in [0.1, 0.15) is 29.8 Å². The Morgan fingerprint density at radius 1 is 1.38 bits per heavy atom.